The highest BCUT2D eigenvalue weighted by Crippen LogP contribution is 2.27. The standard InChI is InChI=1S/C21H23N3OS/c1-21(2,3)14-24-19(25)17-8-6-11-23-20(17)26-13-15-10-12-22-18-9-5-4-7-16(15)18/h4-12H,13-14H2,1-3H3,(H,24,25). The molecule has 3 aromatic rings. The molecule has 1 aromatic carbocycles. The van der Waals surface area contributed by atoms with E-state index in [1.165, 1.54) is 5.56 Å². The second-order valence-electron chi connectivity index (χ2n) is 7.38. The van der Waals surface area contributed by atoms with Crippen molar-refractivity contribution in [3.8, 4) is 0 Å². The third-order valence-corrected chi connectivity index (χ3v) is 4.95. The van der Waals surface area contributed by atoms with Gasteiger partial charge in [-0.3, -0.25) is 9.78 Å². The van der Waals surface area contributed by atoms with Crippen molar-refractivity contribution in [2.24, 2.45) is 5.41 Å². The molecule has 26 heavy (non-hydrogen) atoms. The summed E-state index contributed by atoms with van der Waals surface area (Å²) in [5, 5.41) is 4.89. The average Bonchev–Trinajstić information content (AvgIpc) is 2.64. The van der Waals surface area contributed by atoms with Gasteiger partial charge < -0.3 is 5.32 Å². The number of aromatic nitrogens is 2. The summed E-state index contributed by atoms with van der Waals surface area (Å²) in [5.41, 5.74) is 2.84. The monoisotopic (exact) mass is 365 g/mol. The summed E-state index contributed by atoms with van der Waals surface area (Å²) < 4.78 is 0. The molecule has 0 aliphatic carbocycles. The van der Waals surface area contributed by atoms with Crippen molar-refractivity contribution in [3.05, 3.63) is 66.0 Å². The van der Waals surface area contributed by atoms with Gasteiger partial charge in [0.15, 0.2) is 0 Å². The van der Waals surface area contributed by atoms with Gasteiger partial charge >= 0.3 is 0 Å². The molecular formula is C21H23N3OS. The number of carbonyl (C=O) groups is 1. The van der Waals surface area contributed by atoms with E-state index in [2.05, 4.69) is 42.1 Å². The van der Waals surface area contributed by atoms with E-state index in [0.717, 1.165) is 21.7 Å². The fraction of sp³-hybridized carbons (Fsp3) is 0.286. The molecule has 4 nitrogen and oxygen atoms in total. The van der Waals surface area contributed by atoms with Gasteiger partial charge in [0, 0.05) is 30.1 Å². The van der Waals surface area contributed by atoms with Crippen LogP contribution in [0, 0.1) is 5.41 Å². The largest absolute Gasteiger partial charge is 0.351 e. The third-order valence-electron chi connectivity index (χ3n) is 3.90. The molecular weight excluding hydrogens is 342 g/mol. The molecule has 0 saturated heterocycles. The predicted octanol–water partition coefficient (Wildman–Crippen LogP) is 4.70. The van der Waals surface area contributed by atoms with Crippen LogP contribution in [0.2, 0.25) is 0 Å². The number of carbonyl (C=O) groups excluding carboxylic acids is 1. The van der Waals surface area contributed by atoms with Gasteiger partial charge in [-0.05, 0) is 35.2 Å². The van der Waals surface area contributed by atoms with E-state index in [-0.39, 0.29) is 11.3 Å². The first kappa shape index (κ1) is 18.4. The Labute approximate surface area is 158 Å². The molecule has 0 aliphatic rings. The van der Waals surface area contributed by atoms with Crippen LogP contribution in [0.15, 0.2) is 59.9 Å². The van der Waals surface area contributed by atoms with Crippen LogP contribution < -0.4 is 5.32 Å². The van der Waals surface area contributed by atoms with E-state index in [1.807, 2.05) is 36.5 Å². The Morgan fingerprint density at radius 3 is 2.65 bits per heavy atom. The maximum atomic E-state index is 12.6. The minimum Gasteiger partial charge on any atom is -0.351 e. The highest BCUT2D eigenvalue weighted by Gasteiger charge is 2.16. The number of nitrogens with one attached hydrogen (secondary N) is 1. The lowest BCUT2D eigenvalue weighted by Crippen LogP contribution is -2.32. The Bertz CT molecular complexity index is 913. The number of thioether (sulfide) groups is 1. The van der Waals surface area contributed by atoms with E-state index in [1.54, 1.807) is 24.0 Å². The van der Waals surface area contributed by atoms with Crippen LogP contribution in [0.3, 0.4) is 0 Å². The summed E-state index contributed by atoms with van der Waals surface area (Å²) in [4.78, 5) is 21.4. The first-order valence-corrected chi connectivity index (χ1v) is 9.61. The SMILES string of the molecule is CC(C)(C)CNC(=O)c1cccnc1SCc1ccnc2ccccc12. The van der Waals surface area contributed by atoms with E-state index >= 15 is 0 Å². The maximum absolute atomic E-state index is 12.6. The van der Waals surface area contributed by atoms with Crippen LogP contribution in [0.1, 0.15) is 36.7 Å². The van der Waals surface area contributed by atoms with Crippen molar-refractivity contribution in [2.75, 3.05) is 6.54 Å². The first-order valence-electron chi connectivity index (χ1n) is 8.63. The number of fused-ring (bicyclic) bond motifs is 1. The first-order chi connectivity index (χ1) is 12.4. The highest BCUT2D eigenvalue weighted by molar-refractivity contribution is 7.98. The van der Waals surface area contributed by atoms with E-state index < -0.39 is 0 Å². The summed E-state index contributed by atoms with van der Waals surface area (Å²) in [6.07, 6.45) is 3.56. The molecule has 0 aliphatic heterocycles. The molecule has 1 N–H and O–H groups in total. The molecule has 0 radical (unpaired) electrons. The summed E-state index contributed by atoms with van der Waals surface area (Å²) >= 11 is 1.58. The molecule has 2 heterocycles. The topological polar surface area (TPSA) is 54.9 Å². The van der Waals surface area contributed by atoms with Gasteiger partial charge in [-0.15, -0.1) is 11.8 Å². The van der Waals surface area contributed by atoms with E-state index in [4.69, 9.17) is 0 Å². The van der Waals surface area contributed by atoms with Gasteiger partial charge in [0.2, 0.25) is 0 Å². The van der Waals surface area contributed by atoms with Crippen LogP contribution >= 0.6 is 11.8 Å². The number of nitrogens with zero attached hydrogens (tertiary/aromatic N) is 2. The van der Waals surface area contributed by atoms with Crippen molar-refractivity contribution >= 4 is 28.6 Å². The molecule has 134 valence electrons. The van der Waals surface area contributed by atoms with Crippen molar-refractivity contribution in [2.45, 2.75) is 31.6 Å². The van der Waals surface area contributed by atoms with Crippen molar-refractivity contribution in [3.63, 3.8) is 0 Å². The summed E-state index contributed by atoms with van der Waals surface area (Å²) in [5.74, 6) is 0.662. The van der Waals surface area contributed by atoms with E-state index in [0.29, 0.717) is 12.1 Å². The lowest BCUT2D eigenvalue weighted by atomic mass is 9.97. The van der Waals surface area contributed by atoms with Gasteiger partial charge in [-0.25, -0.2) is 4.98 Å². The number of benzene rings is 1. The van der Waals surface area contributed by atoms with E-state index in [9.17, 15) is 4.79 Å². The fourth-order valence-electron chi connectivity index (χ4n) is 2.55. The molecule has 3 rings (SSSR count). The van der Waals surface area contributed by atoms with Crippen molar-refractivity contribution in [1.82, 2.24) is 15.3 Å². The van der Waals surface area contributed by atoms with Crippen molar-refractivity contribution < 1.29 is 4.79 Å². The Morgan fingerprint density at radius 1 is 1.04 bits per heavy atom. The lowest BCUT2D eigenvalue weighted by Gasteiger charge is -2.19. The van der Waals surface area contributed by atoms with Gasteiger partial charge in [-0.1, -0.05) is 39.0 Å². The highest BCUT2D eigenvalue weighted by atomic mass is 32.2. The number of hydrogen-bond donors (Lipinski definition) is 1. The van der Waals surface area contributed by atoms with Gasteiger partial charge in [0.1, 0.15) is 5.03 Å². The molecule has 0 fully saturated rings. The van der Waals surface area contributed by atoms with Crippen LogP contribution in [-0.2, 0) is 5.75 Å². The van der Waals surface area contributed by atoms with Crippen LogP contribution in [0.4, 0.5) is 0 Å². The zero-order chi connectivity index (χ0) is 18.6. The van der Waals surface area contributed by atoms with Gasteiger partial charge in [0.25, 0.3) is 5.91 Å². The van der Waals surface area contributed by atoms with Crippen LogP contribution in [-0.4, -0.2) is 22.4 Å². The Balaban J connectivity index is 1.77. The molecule has 0 saturated carbocycles. The van der Waals surface area contributed by atoms with Crippen LogP contribution in [0.25, 0.3) is 10.9 Å². The molecule has 1 amide bonds. The molecule has 2 aromatic heterocycles. The Hall–Kier alpha value is -2.40. The number of hydrogen-bond acceptors (Lipinski definition) is 4. The van der Waals surface area contributed by atoms with Crippen LogP contribution in [0.5, 0.6) is 0 Å². The zero-order valence-corrected chi connectivity index (χ0v) is 16.1. The summed E-state index contributed by atoms with van der Waals surface area (Å²) in [6, 6.07) is 13.8. The molecule has 0 atom stereocenters. The molecule has 0 unspecified atom stereocenters. The predicted molar refractivity (Wildman–Crippen MR) is 107 cm³/mol. The quantitative estimate of drug-likeness (QED) is 0.666. The molecule has 0 bridgehead atoms. The smallest absolute Gasteiger partial charge is 0.254 e. The number of pyridine rings is 2. The number of amides is 1. The van der Waals surface area contributed by atoms with Gasteiger partial charge in [-0.2, -0.15) is 0 Å². The average molecular weight is 366 g/mol. The zero-order valence-electron chi connectivity index (χ0n) is 15.3. The second kappa shape index (κ2) is 7.87. The minimum absolute atomic E-state index is 0.0428. The number of para-hydroxylation sites is 1. The van der Waals surface area contributed by atoms with Gasteiger partial charge in [0.05, 0.1) is 11.1 Å². The third kappa shape index (κ3) is 4.61. The normalized spacial score (nSPS) is 11.5. The molecule has 0 spiro atoms. The maximum Gasteiger partial charge on any atom is 0.254 e. The molecule has 5 heteroatoms. The summed E-state index contributed by atoms with van der Waals surface area (Å²) in [6.45, 7) is 6.92. The minimum atomic E-state index is -0.0740. The number of rotatable bonds is 5. The lowest BCUT2D eigenvalue weighted by molar-refractivity contribution is 0.0935. The summed E-state index contributed by atoms with van der Waals surface area (Å²) in [7, 11) is 0. The Kier molecular flexibility index (Phi) is 5.57. The second-order valence-corrected chi connectivity index (χ2v) is 8.34. The fourth-order valence-corrected chi connectivity index (χ4v) is 3.54. The van der Waals surface area contributed by atoms with Crippen molar-refractivity contribution in [1.29, 1.82) is 0 Å². The Morgan fingerprint density at radius 2 is 1.85 bits per heavy atom.